The van der Waals surface area contributed by atoms with E-state index >= 15 is 0 Å². The van der Waals surface area contributed by atoms with Gasteiger partial charge in [0.1, 0.15) is 0 Å². The molecule has 0 saturated carbocycles. The number of thioether (sulfide) groups is 1. The first-order chi connectivity index (χ1) is 7.72. The third-order valence-corrected chi connectivity index (χ3v) is 4.50. The van der Waals surface area contributed by atoms with Crippen molar-refractivity contribution in [3.8, 4) is 0 Å². The molecule has 16 heavy (non-hydrogen) atoms. The van der Waals surface area contributed by atoms with E-state index in [2.05, 4.69) is 30.9 Å². The van der Waals surface area contributed by atoms with Crippen molar-refractivity contribution in [3.63, 3.8) is 0 Å². The van der Waals surface area contributed by atoms with Crippen LogP contribution in [0.5, 0.6) is 0 Å². The molecule has 1 fully saturated rings. The van der Waals surface area contributed by atoms with Crippen molar-refractivity contribution in [1.82, 2.24) is 5.32 Å². The van der Waals surface area contributed by atoms with Crippen LogP contribution in [0.3, 0.4) is 0 Å². The van der Waals surface area contributed by atoms with Crippen LogP contribution >= 0.6 is 11.8 Å². The van der Waals surface area contributed by atoms with Gasteiger partial charge in [-0.05, 0) is 25.5 Å². The molecule has 1 heterocycles. The second kappa shape index (κ2) is 7.54. The summed E-state index contributed by atoms with van der Waals surface area (Å²) in [5, 5.41) is 3.58. The van der Waals surface area contributed by atoms with E-state index in [1.807, 2.05) is 0 Å². The zero-order valence-electron chi connectivity index (χ0n) is 10.8. The predicted octanol–water partition coefficient (Wildman–Crippen LogP) is 1.91. The van der Waals surface area contributed by atoms with Crippen LogP contribution in [-0.2, 0) is 9.47 Å². The van der Waals surface area contributed by atoms with Crippen molar-refractivity contribution < 1.29 is 9.47 Å². The predicted molar refractivity (Wildman–Crippen MR) is 70.3 cm³/mol. The highest BCUT2D eigenvalue weighted by Gasteiger charge is 2.32. The van der Waals surface area contributed by atoms with Crippen LogP contribution in [0.25, 0.3) is 0 Å². The molecule has 1 atom stereocenters. The van der Waals surface area contributed by atoms with E-state index in [0.717, 1.165) is 39.2 Å². The first-order valence-corrected chi connectivity index (χ1v) is 7.15. The first kappa shape index (κ1) is 14.3. The molecule has 0 aromatic carbocycles. The number of nitrogens with one attached hydrogen (secondary N) is 1. The second-order valence-corrected chi connectivity index (χ2v) is 6.20. The summed E-state index contributed by atoms with van der Waals surface area (Å²) in [5.41, 5.74) is 0. The largest absolute Gasteiger partial charge is 0.383 e. The number of rotatable bonds is 7. The number of hydrogen-bond donors (Lipinski definition) is 1. The minimum Gasteiger partial charge on any atom is -0.383 e. The monoisotopic (exact) mass is 247 g/mol. The van der Waals surface area contributed by atoms with E-state index in [1.165, 1.54) is 5.75 Å². The number of hydrogen-bond acceptors (Lipinski definition) is 4. The third kappa shape index (κ3) is 4.62. The standard InChI is InChI=1S/C12H25NO2S/c1-4-16-12(5-7-15-8-6-12)10-13-11(2)9-14-3/h11,13H,4-10H2,1-3H3. The fraction of sp³-hybridized carbons (Fsp3) is 1.00. The van der Waals surface area contributed by atoms with Gasteiger partial charge in [0.15, 0.2) is 0 Å². The lowest BCUT2D eigenvalue weighted by atomic mass is 9.98. The Hall–Kier alpha value is 0.230. The van der Waals surface area contributed by atoms with Gasteiger partial charge < -0.3 is 14.8 Å². The Labute approximate surface area is 104 Å². The summed E-state index contributed by atoms with van der Waals surface area (Å²) >= 11 is 2.08. The van der Waals surface area contributed by atoms with Gasteiger partial charge in [-0.1, -0.05) is 6.92 Å². The van der Waals surface area contributed by atoms with Gasteiger partial charge in [-0.3, -0.25) is 0 Å². The molecule has 1 aliphatic rings. The molecule has 1 aliphatic heterocycles. The average molecular weight is 247 g/mol. The topological polar surface area (TPSA) is 30.5 Å². The quantitative estimate of drug-likeness (QED) is 0.744. The van der Waals surface area contributed by atoms with Crippen molar-refractivity contribution in [2.24, 2.45) is 0 Å². The summed E-state index contributed by atoms with van der Waals surface area (Å²) in [4.78, 5) is 0. The number of ether oxygens (including phenoxy) is 2. The molecule has 1 N–H and O–H groups in total. The van der Waals surface area contributed by atoms with Crippen molar-refractivity contribution in [1.29, 1.82) is 0 Å². The smallest absolute Gasteiger partial charge is 0.0613 e. The van der Waals surface area contributed by atoms with Crippen LogP contribution in [0, 0.1) is 0 Å². The SMILES string of the molecule is CCSC1(CNC(C)COC)CCOCC1. The minimum absolute atomic E-state index is 0.384. The molecular weight excluding hydrogens is 222 g/mol. The molecular formula is C12H25NO2S. The minimum atomic E-state index is 0.384. The summed E-state index contributed by atoms with van der Waals surface area (Å²) in [6, 6.07) is 0.433. The molecule has 1 unspecified atom stereocenters. The second-order valence-electron chi connectivity index (χ2n) is 4.47. The van der Waals surface area contributed by atoms with Gasteiger partial charge in [0.2, 0.25) is 0 Å². The average Bonchev–Trinajstić information content (AvgIpc) is 2.29. The third-order valence-electron chi connectivity index (χ3n) is 3.04. The van der Waals surface area contributed by atoms with E-state index in [9.17, 15) is 0 Å². The normalized spacial score (nSPS) is 21.9. The maximum absolute atomic E-state index is 5.46. The summed E-state index contributed by atoms with van der Waals surface area (Å²) in [5.74, 6) is 1.18. The Balaban J connectivity index is 2.37. The Morgan fingerprint density at radius 1 is 1.44 bits per heavy atom. The molecule has 1 saturated heterocycles. The lowest BCUT2D eigenvalue weighted by Gasteiger charge is -2.37. The highest BCUT2D eigenvalue weighted by Crippen LogP contribution is 2.34. The van der Waals surface area contributed by atoms with Gasteiger partial charge in [-0.25, -0.2) is 0 Å². The Morgan fingerprint density at radius 3 is 2.69 bits per heavy atom. The van der Waals surface area contributed by atoms with Crippen LogP contribution in [0.15, 0.2) is 0 Å². The van der Waals surface area contributed by atoms with E-state index < -0.39 is 0 Å². The molecule has 0 aliphatic carbocycles. The van der Waals surface area contributed by atoms with Crippen LogP contribution in [0.1, 0.15) is 26.7 Å². The van der Waals surface area contributed by atoms with Crippen LogP contribution in [0.2, 0.25) is 0 Å². The van der Waals surface area contributed by atoms with Crippen molar-refractivity contribution in [2.45, 2.75) is 37.5 Å². The molecule has 0 spiro atoms. The molecule has 0 aromatic rings. The highest BCUT2D eigenvalue weighted by molar-refractivity contribution is 8.00. The molecule has 3 nitrogen and oxygen atoms in total. The van der Waals surface area contributed by atoms with E-state index in [1.54, 1.807) is 7.11 Å². The van der Waals surface area contributed by atoms with Gasteiger partial charge in [-0.2, -0.15) is 11.8 Å². The molecule has 0 bridgehead atoms. The fourth-order valence-electron chi connectivity index (χ4n) is 2.09. The first-order valence-electron chi connectivity index (χ1n) is 6.16. The summed E-state index contributed by atoms with van der Waals surface area (Å²) in [7, 11) is 1.75. The summed E-state index contributed by atoms with van der Waals surface area (Å²) in [6.45, 7) is 8.08. The van der Waals surface area contributed by atoms with Crippen LogP contribution < -0.4 is 5.32 Å². The van der Waals surface area contributed by atoms with Crippen molar-refractivity contribution in [3.05, 3.63) is 0 Å². The molecule has 0 radical (unpaired) electrons. The van der Waals surface area contributed by atoms with E-state index in [4.69, 9.17) is 9.47 Å². The number of methoxy groups -OCH3 is 1. The van der Waals surface area contributed by atoms with Gasteiger partial charge in [0.25, 0.3) is 0 Å². The lowest BCUT2D eigenvalue weighted by Crippen LogP contribution is -2.46. The fourth-order valence-corrected chi connectivity index (χ4v) is 3.34. The zero-order valence-corrected chi connectivity index (χ0v) is 11.6. The Morgan fingerprint density at radius 2 is 2.12 bits per heavy atom. The lowest BCUT2D eigenvalue weighted by molar-refractivity contribution is 0.0752. The highest BCUT2D eigenvalue weighted by atomic mass is 32.2. The van der Waals surface area contributed by atoms with Crippen molar-refractivity contribution >= 4 is 11.8 Å². The summed E-state index contributed by atoms with van der Waals surface area (Å²) < 4.78 is 11.0. The van der Waals surface area contributed by atoms with Gasteiger partial charge in [-0.15, -0.1) is 0 Å². The summed E-state index contributed by atoms with van der Waals surface area (Å²) in [6.07, 6.45) is 2.33. The molecule has 0 aromatic heterocycles. The molecule has 96 valence electrons. The molecule has 1 rings (SSSR count). The van der Waals surface area contributed by atoms with Gasteiger partial charge in [0, 0.05) is 37.7 Å². The Bertz CT molecular complexity index is 178. The maximum atomic E-state index is 5.46. The van der Waals surface area contributed by atoms with Crippen molar-refractivity contribution in [2.75, 3.05) is 39.2 Å². The van der Waals surface area contributed by atoms with Gasteiger partial charge >= 0.3 is 0 Å². The Kier molecular flexibility index (Phi) is 6.73. The van der Waals surface area contributed by atoms with E-state index in [-0.39, 0.29) is 0 Å². The zero-order chi connectivity index (χ0) is 11.9. The van der Waals surface area contributed by atoms with Crippen LogP contribution in [0.4, 0.5) is 0 Å². The molecule has 0 amide bonds. The van der Waals surface area contributed by atoms with E-state index in [0.29, 0.717) is 10.8 Å². The maximum Gasteiger partial charge on any atom is 0.0613 e. The van der Waals surface area contributed by atoms with Gasteiger partial charge in [0.05, 0.1) is 6.61 Å². The molecule has 4 heteroatoms. The van der Waals surface area contributed by atoms with Crippen LogP contribution in [-0.4, -0.2) is 50.0 Å².